The van der Waals surface area contributed by atoms with Crippen LogP contribution in [0.3, 0.4) is 0 Å². The van der Waals surface area contributed by atoms with E-state index in [0.29, 0.717) is 28.4 Å². The number of aryl methyl sites for hydroxylation is 1. The van der Waals surface area contributed by atoms with Gasteiger partial charge in [-0.05, 0) is 54.5 Å². The molecule has 1 aliphatic rings. The summed E-state index contributed by atoms with van der Waals surface area (Å²) in [6, 6.07) is 15.5. The number of carbonyl (C=O) groups excluding carboxylic acids is 2. The Labute approximate surface area is 193 Å². The molecule has 0 unspecified atom stereocenters. The van der Waals surface area contributed by atoms with Gasteiger partial charge in [0.25, 0.3) is 0 Å². The largest absolute Gasteiger partial charge is 0.497 e. The predicted molar refractivity (Wildman–Crippen MR) is 123 cm³/mol. The molecule has 0 amide bonds. The second kappa shape index (κ2) is 8.88. The Morgan fingerprint density at radius 3 is 2.34 bits per heavy atom. The molecule has 0 radical (unpaired) electrons. The van der Waals surface area contributed by atoms with Crippen molar-refractivity contribution in [2.75, 3.05) is 14.2 Å². The minimum absolute atomic E-state index is 0.210. The molecule has 0 aromatic heterocycles. The fourth-order valence-corrected chi connectivity index (χ4v) is 3.79. The number of carbonyl (C=O) groups is 2. The summed E-state index contributed by atoms with van der Waals surface area (Å²) in [7, 11) is 3.00. The molecule has 0 aliphatic carbocycles. The fraction of sp³-hybridized carbons (Fsp3) is 0.120. The molecule has 1 aliphatic heterocycles. The highest BCUT2D eigenvalue weighted by atomic mass is 79.9. The van der Waals surface area contributed by atoms with Gasteiger partial charge in [0.2, 0.25) is 5.78 Å². The van der Waals surface area contributed by atoms with E-state index in [-0.39, 0.29) is 22.9 Å². The number of ketones is 1. The molecule has 32 heavy (non-hydrogen) atoms. The van der Waals surface area contributed by atoms with Gasteiger partial charge in [-0.25, -0.2) is 4.79 Å². The van der Waals surface area contributed by atoms with Crippen LogP contribution in [0.1, 0.15) is 31.8 Å². The predicted octanol–water partition coefficient (Wildman–Crippen LogP) is 5.61. The Hall–Kier alpha value is -3.58. The summed E-state index contributed by atoms with van der Waals surface area (Å²) in [5.74, 6) is 0.966. The topological polar surface area (TPSA) is 71.1 Å². The minimum atomic E-state index is -0.587. The number of ether oxygens (including phenoxy) is 4. The molecule has 0 N–H and O–H groups in total. The van der Waals surface area contributed by atoms with Crippen molar-refractivity contribution >= 4 is 33.8 Å². The van der Waals surface area contributed by atoms with Crippen molar-refractivity contribution in [3.63, 3.8) is 0 Å². The van der Waals surface area contributed by atoms with Gasteiger partial charge in [-0.15, -0.1) is 0 Å². The number of hydrogen-bond acceptors (Lipinski definition) is 6. The van der Waals surface area contributed by atoms with Gasteiger partial charge in [-0.2, -0.15) is 0 Å². The third-order valence-electron chi connectivity index (χ3n) is 4.89. The Morgan fingerprint density at radius 1 is 0.969 bits per heavy atom. The zero-order chi connectivity index (χ0) is 22.8. The van der Waals surface area contributed by atoms with Crippen molar-refractivity contribution in [1.29, 1.82) is 0 Å². The van der Waals surface area contributed by atoms with Crippen molar-refractivity contribution < 1.29 is 28.5 Å². The lowest BCUT2D eigenvalue weighted by Crippen LogP contribution is -2.09. The summed E-state index contributed by atoms with van der Waals surface area (Å²) < 4.78 is 22.7. The van der Waals surface area contributed by atoms with E-state index in [1.807, 2.05) is 24.3 Å². The molecule has 0 atom stereocenters. The summed E-state index contributed by atoms with van der Waals surface area (Å²) >= 11 is 3.42. The van der Waals surface area contributed by atoms with Crippen LogP contribution in [0.15, 0.2) is 64.8 Å². The van der Waals surface area contributed by atoms with Crippen LogP contribution in [-0.2, 0) is 0 Å². The van der Waals surface area contributed by atoms with E-state index >= 15 is 0 Å². The lowest BCUT2D eigenvalue weighted by molar-refractivity contribution is 0.0733. The highest BCUT2D eigenvalue weighted by Gasteiger charge is 2.30. The summed E-state index contributed by atoms with van der Waals surface area (Å²) in [5.41, 5.74) is 2.20. The maximum absolute atomic E-state index is 12.9. The first kappa shape index (κ1) is 21.6. The second-order valence-corrected chi connectivity index (χ2v) is 8.01. The third kappa shape index (κ3) is 4.38. The van der Waals surface area contributed by atoms with Gasteiger partial charge in [-0.1, -0.05) is 28.1 Å². The second-order valence-electron chi connectivity index (χ2n) is 7.10. The molecule has 3 aromatic carbocycles. The first-order valence-electron chi connectivity index (χ1n) is 9.67. The Morgan fingerprint density at radius 2 is 1.69 bits per heavy atom. The molecular formula is C25H19BrO6. The molecule has 0 saturated heterocycles. The molecule has 0 bridgehead atoms. The zero-order valence-electron chi connectivity index (χ0n) is 17.6. The van der Waals surface area contributed by atoms with Gasteiger partial charge in [0, 0.05) is 16.6 Å². The van der Waals surface area contributed by atoms with Crippen LogP contribution in [0.2, 0.25) is 0 Å². The summed E-state index contributed by atoms with van der Waals surface area (Å²) in [6.45, 7) is 1.77. The minimum Gasteiger partial charge on any atom is -0.497 e. The van der Waals surface area contributed by atoms with E-state index in [1.54, 1.807) is 37.3 Å². The van der Waals surface area contributed by atoms with Gasteiger partial charge in [0.1, 0.15) is 23.0 Å². The lowest BCUT2D eigenvalue weighted by Gasteiger charge is -2.10. The van der Waals surface area contributed by atoms with Crippen LogP contribution in [-0.4, -0.2) is 26.0 Å². The summed E-state index contributed by atoms with van der Waals surface area (Å²) in [4.78, 5) is 25.6. The molecule has 4 rings (SSSR count). The highest BCUT2D eigenvalue weighted by Crippen LogP contribution is 2.38. The van der Waals surface area contributed by atoms with Gasteiger partial charge in [-0.3, -0.25) is 4.79 Å². The number of hydrogen-bond donors (Lipinski definition) is 0. The molecule has 6 nitrogen and oxygen atoms in total. The molecule has 0 spiro atoms. The molecule has 0 fully saturated rings. The van der Waals surface area contributed by atoms with Crippen LogP contribution in [0, 0.1) is 6.92 Å². The van der Waals surface area contributed by atoms with Gasteiger partial charge < -0.3 is 18.9 Å². The fourth-order valence-electron chi connectivity index (χ4n) is 3.38. The summed E-state index contributed by atoms with van der Waals surface area (Å²) in [6.07, 6.45) is 1.68. The Kier molecular flexibility index (Phi) is 6.01. The lowest BCUT2D eigenvalue weighted by atomic mass is 10.0. The smallest absolute Gasteiger partial charge is 0.343 e. The first-order chi connectivity index (χ1) is 15.4. The van der Waals surface area contributed by atoms with Gasteiger partial charge in [0.05, 0.1) is 25.3 Å². The number of allylic oxidation sites excluding steroid dienone is 1. The van der Waals surface area contributed by atoms with Crippen LogP contribution in [0.4, 0.5) is 0 Å². The van der Waals surface area contributed by atoms with Crippen LogP contribution >= 0.6 is 15.9 Å². The zero-order valence-corrected chi connectivity index (χ0v) is 19.2. The number of halogens is 1. The number of Topliss-reactive ketones (excluding diaryl/α,β-unsaturated/α-hetero) is 1. The van der Waals surface area contributed by atoms with E-state index in [1.165, 1.54) is 20.3 Å². The molecule has 7 heteroatoms. The number of methoxy groups -OCH3 is 2. The normalized spacial score (nSPS) is 13.5. The first-order valence-corrected chi connectivity index (χ1v) is 10.5. The monoisotopic (exact) mass is 494 g/mol. The van der Waals surface area contributed by atoms with Gasteiger partial charge in [0.15, 0.2) is 5.76 Å². The maximum atomic E-state index is 12.9. The third-order valence-corrected chi connectivity index (χ3v) is 5.38. The summed E-state index contributed by atoms with van der Waals surface area (Å²) in [5, 5.41) is 0. The number of fused-ring (bicyclic) bond motifs is 1. The van der Waals surface area contributed by atoms with E-state index in [4.69, 9.17) is 18.9 Å². The Balaban J connectivity index is 1.61. The molecule has 3 aromatic rings. The average Bonchev–Trinajstić information content (AvgIpc) is 3.08. The van der Waals surface area contributed by atoms with E-state index in [0.717, 1.165) is 10.0 Å². The van der Waals surface area contributed by atoms with Crippen molar-refractivity contribution in [3.05, 3.63) is 87.1 Å². The number of rotatable bonds is 5. The number of esters is 1. The van der Waals surface area contributed by atoms with Crippen molar-refractivity contribution in [3.8, 4) is 23.0 Å². The van der Waals surface area contributed by atoms with E-state index in [2.05, 4.69) is 15.9 Å². The number of benzene rings is 3. The van der Waals surface area contributed by atoms with E-state index < -0.39 is 5.97 Å². The Bertz CT molecular complexity index is 1240. The SMILES string of the molecule is COc1cc(OC)cc(C(=O)Oc2cc(C)c3c(c2)O/C(=C\c2cccc(Br)c2)C3=O)c1. The molecular weight excluding hydrogens is 476 g/mol. The van der Waals surface area contributed by atoms with Gasteiger partial charge >= 0.3 is 5.97 Å². The molecule has 162 valence electrons. The van der Waals surface area contributed by atoms with Crippen LogP contribution in [0.5, 0.6) is 23.0 Å². The quantitative estimate of drug-likeness (QED) is 0.260. The standard InChI is InChI=1S/C25H19BrO6/c1-14-7-20(31-25(28)16-10-18(29-2)12-19(11-16)30-3)13-21-23(14)24(27)22(32-21)9-15-5-4-6-17(26)8-15/h4-13H,1-3H3/b22-9-. The van der Waals surface area contributed by atoms with Crippen molar-refractivity contribution in [2.45, 2.75) is 6.92 Å². The van der Waals surface area contributed by atoms with Crippen LogP contribution in [0.25, 0.3) is 6.08 Å². The average molecular weight is 495 g/mol. The molecule has 0 saturated carbocycles. The van der Waals surface area contributed by atoms with Crippen molar-refractivity contribution in [1.82, 2.24) is 0 Å². The highest BCUT2D eigenvalue weighted by molar-refractivity contribution is 9.10. The molecule has 1 heterocycles. The maximum Gasteiger partial charge on any atom is 0.343 e. The van der Waals surface area contributed by atoms with E-state index in [9.17, 15) is 9.59 Å². The van der Waals surface area contributed by atoms with Crippen LogP contribution < -0.4 is 18.9 Å². The van der Waals surface area contributed by atoms with Crippen molar-refractivity contribution in [2.24, 2.45) is 0 Å².